The number of benzene rings is 1. The second kappa shape index (κ2) is 11.4. The number of halogens is 3. The van der Waals surface area contributed by atoms with Crippen LogP contribution < -0.4 is 4.74 Å². The van der Waals surface area contributed by atoms with Gasteiger partial charge in [0.1, 0.15) is 30.3 Å². The van der Waals surface area contributed by atoms with Crippen LogP contribution in [0, 0.1) is 0 Å². The number of piperazine rings is 1. The van der Waals surface area contributed by atoms with Gasteiger partial charge in [0.2, 0.25) is 5.91 Å². The third-order valence-corrected chi connectivity index (χ3v) is 6.67. The molecule has 12 heteroatoms. The number of amides is 1. The number of likely N-dealkylation sites (N-methyl/N-ethyl adjacent to an activating group) is 1. The van der Waals surface area contributed by atoms with E-state index in [9.17, 15) is 22.8 Å². The topological polar surface area (TPSA) is 93.5 Å². The molecule has 5 rings (SSSR count). The number of aromatic nitrogens is 4. The first kappa shape index (κ1) is 27.3. The molecule has 208 valence electrons. The molecule has 0 radical (unpaired) electrons. The molecule has 1 aromatic carbocycles. The van der Waals surface area contributed by atoms with Crippen molar-refractivity contribution >= 4 is 22.6 Å². The van der Waals surface area contributed by atoms with E-state index in [-0.39, 0.29) is 31.2 Å². The number of hydrogen-bond acceptors (Lipinski definition) is 7. The Kier molecular flexibility index (Phi) is 7.78. The molecule has 0 aliphatic carbocycles. The fourth-order valence-corrected chi connectivity index (χ4v) is 4.45. The minimum atomic E-state index is -4.66. The van der Waals surface area contributed by atoms with Crippen molar-refractivity contribution in [3.8, 4) is 5.75 Å². The Morgan fingerprint density at radius 1 is 1.02 bits per heavy atom. The van der Waals surface area contributed by atoms with Gasteiger partial charge in [0.25, 0.3) is 0 Å². The molecule has 1 amide bonds. The zero-order valence-electron chi connectivity index (χ0n) is 21.8. The van der Waals surface area contributed by atoms with Gasteiger partial charge in [0.05, 0.1) is 11.2 Å². The highest BCUT2D eigenvalue weighted by Gasteiger charge is 2.33. The Morgan fingerprint density at radius 2 is 1.82 bits per heavy atom. The lowest BCUT2D eigenvalue weighted by Crippen LogP contribution is -2.48. The number of alkyl halides is 3. The average Bonchev–Trinajstić information content (AvgIpc) is 3.33. The van der Waals surface area contributed by atoms with E-state index in [2.05, 4.69) is 20.0 Å². The summed E-state index contributed by atoms with van der Waals surface area (Å²) < 4.78 is 47.0. The minimum absolute atomic E-state index is 0.0430. The van der Waals surface area contributed by atoms with Crippen molar-refractivity contribution in [2.45, 2.75) is 25.7 Å². The molecule has 0 saturated carbocycles. The molecule has 4 heterocycles. The molecule has 0 spiro atoms. The van der Waals surface area contributed by atoms with Crippen molar-refractivity contribution in [1.29, 1.82) is 0 Å². The quantitative estimate of drug-likeness (QED) is 0.308. The van der Waals surface area contributed by atoms with Gasteiger partial charge in [-0.15, -0.1) is 0 Å². The van der Waals surface area contributed by atoms with E-state index in [1.807, 2.05) is 13.1 Å². The van der Waals surface area contributed by atoms with Gasteiger partial charge in [-0.25, -0.2) is 4.98 Å². The molecule has 9 nitrogen and oxygen atoms in total. The van der Waals surface area contributed by atoms with Gasteiger partial charge in [-0.2, -0.15) is 18.3 Å². The van der Waals surface area contributed by atoms with E-state index in [4.69, 9.17) is 4.74 Å². The number of carbonyl (C=O) groups is 2. The van der Waals surface area contributed by atoms with Crippen molar-refractivity contribution in [3.63, 3.8) is 0 Å². The van der Waals surface area contributed by atoms with Crippen LogP contribution in [0.15, 0.2) is 60.9 Å². The number of Topliss-reactive ketones (excluding diaryl/α,β-unsaturated/α-hetero) is 1. The van der Waals surface area contributed by atoms with Crippen molar-refractivity contribution in [3.05, 3.63) is 83.6 Å². The zero-order valence-corrected chi connectivity index (χ0v) is 21.8. The second-order valence-corrected chi connectivity index (χ2v) is 9.65. The van der Waals surface area contributed by atoms with Gasteiger partial charge in [-0.3, -0.25) is 19.3 Å². The van der Waals surface area contributed by atoms with Crippen LogP contribution in [-0.4, -0.2) is 74.5 Å². The summed E-state index contributed by atoms with van der Waals surface area (Å²) in [6.45, 7) is 3.08. The van der Waals surface area contributed by atoms with Gasteiger partial charge < -0.3 is 14.5 Å². The highest BCUT2D eigenvalue weighted by Crippen LogP contribution is 2.29. The maximum Gasteiger partial charge on any atom is 0.433 e. The Hall–Kier alpha value is -4.32. The molecule has 4 aromatic rings. The monoisotopic (exact) mass is 552 g/mol. The first-order valence-corrected chi connectivity index (χ1v) is 12.7. The van der Waals surface area contributed by atoms with E-state index >= 15 is 0 Å². The van der Waals surface area contributed by atoms with E-state index in [1.165, 1.54) is 6.07 Å². The fraction of sp³-hybridized carbons (Fsp3) is 0.321. The van der Waals surface area contributed by atoms with Crippen LogP contribution in [0.3, 0.4) is 0 Å². The Balaban J connectivity index is 1.41. The van der Waals surface area contributed by atoms with E-state index in [0.29, 0.717) is 41.0 Å². The van der Waals surface area contributed by atoms with Crippen LogP contribution in [0.5, 0.6) is 5.75 Å². The van der Waals surface area contributed by atoms with Crippen LogP contribution >= 0.6 is 0 Å². The molecular weight excluding hydrogens is 525 g/mol. The van der Waals surface area contributed by atoms with Gasteiger partial charge in [-0.05, 0) is 37.4 Å². The third kappa shape index (κ3) is 6.45. The summed E-state index contributed by atoms with van der Waals surface area (Å²) in [6, 6.07) is 12.0. The molecule has 1 saturated heterocycles. The summed E-state index contributed by atoms with van der Waals surface area (Å²) in [5.74, 6) is -0.293. The van der Waals surface area contributed by atoms with Gasteiger partial charge in [0, 0.05) is 62.0 Å². The van der Waals surface area contributed by atoms with Crippen LogP contribution in [0.2, 0.25) is 0 Å². The number of ketones is 1. The molecule has 0 bridgehead atoms. The van der Waals surface area contributed by atoms with Crippen molar-refractivity contribution < 1.29 is 27.5 Å². The first-order valence-electron chi connectivity index (χ1n) is 12.7. The number of ether oxygens (including phenoxy) is 1. The molecular formula is C28H27F3N6O3. The zero-order chi connectivity index (χ0) is 28.3. The number of fused-ring (bicyclic) bond motifs is 1. The third-order valence-electron chi connectivity index (χ3n) is 6.67. The molecule has 1 fully saturated rings. The Labute approximate surface area is 228 Å². The van der Waals surface area contributed by atoms with Crippen LogP contribution in [0.4, 0.5) is 13.2 Å². The van der Waals surface area contributed by atoms with Crippen molar-refractivity contribution in [2.75, 3.05) is 33.2 Å². The second-order valence-electron chi connectivity index (χ2n) is 9.65. The fourth-order valence-electron chi connectivity index (χ4n) is 4.45. The smallest absolute Gasteiger partial charge is 0.433 e. The minimum Gasteiger partial charge on any atom is -0.487 e. The number of nitrogens with zero attached hydrogens (tertiary/aromatic N) is 6. The number of carbonyl (C=O) groups excluding carboxylic acids is 2. The molecule has 0 atom stereocenters. The number of hydrogen-bond donors (Lipinski definition) is 0. The van der Waals surface area contributed by atoms with Gasteiger partial charge in [-0.1, -0.05) is 12.1 Å². The molecule has 1 aliphatic rings. The normalized spacial score (nSPS) is 14.4. The molecule has 40 heavy (non-hydrogen) atoms. The predicted octanol–water partition coefficient (Wildman–Crippen LogP) is 3.62. The summed E-state index contributed by atoms with van der Waals surface area (Å²) >= 11 is 0. The van der Waals surface area contributed by atoms with E-state index in [0.717, 1.165) is 25.2 Å². The Morgan fingerprint density at radius 3 is 2.55 bits per heavy atom. The van der Waals surface area contributed by atoms with Crippen molar-refractivity contribution in [1.82, 2.24) is 29.5 Å². The highest BCUT2D eigenvalue weighted by atomic mass is 19.4. The SMILES string of the molecule is CN1CCN(C(=O)Cn2cc3cc(CC(=O)c4cccc(C(F)(F)F)n4)c(OCc4ccccn4)cc3n2)CC1. The highest BCUT2D eigenvalue weighted by molar-refractivity contribution is 5.97. The maximum absolute atomic E-state index is 13.1. The van der Waals surface area contributed by atoms with Crippen molar-refractivity contribution in [2.24, 2.45) is 0 Å². The lowest BCUT2D eigenvalue weighted by molar-refractivity contribution is -0.141. The maximum atomic E-state index is 13.1. The summed E-state index contributed by atoms with van der Waals surface area (Å²) in [7, 11) is 2.01. The summed E-state index contributed by atoms with van der Waals surface area (Å²) in [5, 5.41) is 5.20. The molecule has 0 N–H and O–H groups in total. The van der Waals surface area contributed by atoms with Crippen LogP contribution in [-0.2, 0) is 30.5 Å². The summed E-state index contributed by atoms with van der Waals surface area (Å²) in [4.78, 5) is 37.6. The Bertz CT molecular complexity index is 1520. The lowest BCUT2D eigenvalue weighted by Gasteiger charge is -2.32. The predicted molar refractivity (Wildman–Crippen MR) is 140 cm³/mol. The van der Waals surface area contributed by atoms with E-state index in [1.54, 1.807) is 46.2 Å². The number of pyridine rings is 2. The molecule has 1 aliphatic heterocycles. The molecule has 3 aromatic heterocycles. The first-order chi connectivity index (χ1) is 19.2. The summed E-state index contributed by atoms with van der Waals surface area (Å²) in [5.41, 5.74) is 0.238. The largest absolute Gasteiger partial charge is 0.487 e. The van der Waals surface area contributed by atoms with Gasteiger partial charge >= 0.3 is 6.18 Å². The standard InChI is InChI=1S/C28H27F3N6O3/c1-35-9-11-36(12-10-35)27(39)17-37-16-20-13-19(14-24(38)22-6-4-7-26(33-22)28(29,30)31)25(15-23(20)34-37)40-18-21-5-2-3-8-32-21/h2-8,13,15-16H,9-12,14,17-18H2,1H3. The average molecular weight is 553 g/mol. The van der Waals surface area contributed by atoms with Gasteiger partial charge in [0.15, 0.2) is 5.78 Å². The summed E-state index contributed by atoms with van der Waals surface area (Å²) in [6.07, 6.45) is -1.57. The number of rotatable bonds is 8. The van der Waals surface area contributed by atoms with E-state index < -0.39 is 17.7 Å². The van der Waals surface area contributed by atoms with Crippen LogP contribution in [0.25, 0.3) is 10.9 Å². The lowest BCUT2D eigenvalue weighted by atomic mass is 10.0. The van der Waals surface area contributed by atoms with Crippen LogP contribution in [0.1, 0.15) is 27.4 Å². The molecule has 0 unspecified atom stereocenters.